The van der Waals surface area contributed by atoms with Crippen LogP contribution in [0.2, 0.25) is 0 Å². The van der Waals surface area contributed by atoms with Gasteiger partial charge in [-0.2, -0.15) is 0 Å². The quantitative estimate of drug-likeness (QED) is 0.550. The lowest BCUT2D eigenvalue weighted by atomic mass is 10.1. The lowest BCUT2D eigenvalue weighted by Crippen LogP contribution is -2.39. The van der Waals surface area contributed by atoms with E-state index in [1.54, 1.807) is 0 Å². The number of carbonyl (C=O) groups excluding carboxylic acids is 1. The third-order valence-electron chi connectivity index (χ3n) is 5.24. The van der Waals surface area contributed by atoms with Crippen molar-refractivity contribution in [2.75, 3.05) is 12.3 Å². The molecule has 164 valence electrons. The number of aryl methyl sites for hydroxylation is 3. The van der Waals surface area contributed by atoms with Crippen LogP contribution in [0.3, 0.4) is 0 Å². The van der Waals surface area contributed by atoms with Crippen molar-refractivity contribution in [3.63, 3.8) is 0 Å². The second-order valence-electron chi connectivity index (χ2n) is 7.54. The molecule has 0 fully saturated rings. The molecule has 3 rings (SSSR count). The smallest absolute Gasteiger partial charge is 0.316 e. The van der Waals surface area contributed by atoms with E-state index >= 15 is 0 Å². The van der Waals surface area contributed by atoms with E-state index in [0.717, 1.165) is 15.7 Å². The minimum atomic E-state index is -3.75. The molecule has 1 N–H and O–H groups in total. The van der Waals surface area contributed by atoms with Crippen LogP contribution in [0, 0.1) is 6.92 Å². The second kappa shape index (κ2) is 8.89. The fourth-order valence-corrected chi connectivity index (χ4v) is 4.66. The van der Waals surface area contributed by atoms with E-state index in [2.05, 4.69) is 5.32 Å². The number of fused-ring (bicyclic) bond motifs is 1. The van der Waals surface area contributed by atoms with Gasteiger partial charge in [0.05, 0.1) is 21.7 Å². The van der Waals surface area contributed by atoms with Gasteiger partial charge in [-0.1, -0.05) is 29.8 Å². The van der Waals surface area contributed by atoms with Crippen LogP contribution in [0.4, 0.5) is 0 Å². The number of hydrogen-bond acceptors (Lipinski definition) is 5. The molecule has 0 aliphatic heterocycles. The third kappa shape index (κ3) is 4.93. The zero-order chi connectivity index (χ0) is 22.8. The number of sulfone groups is 1. The van der Waals surface area contributed by atoms with Crippen molar-refractivity contribution in [3.8, 4) is 0 Å². The fraction of sp³-hybridized carbons (Fsp3) is 0.318. The maximum atomic E-state index is 12.7. The Kier molecular flexibility index (Phi) is 6.45. The van der Waals surface area contributed by atoms with Gasteiger partial charge in [0.2, 0.25) is 5.91 Å². The molecule has 31 heavy (non-hydrogen) atoms. The van der Waals surface area contributed by atoms with Crippen molar-refractivity contribution in [2.24, 2.45) is 14.1 Å². The van der Waals surface area contributed by atoms with Gasteiger partial charge in [0, 0.05) is 27.1 Å². The largest absolute Gasteiger partial charge is 0.356 e. The Balaban J connectivity index is 1.68. The van der Waals surface area contributed by atoms with Crippen molar-refractivity contribution in [3.05, 3.63) is 74.3 Å². The number of rotatable bonds is 7. The molecule has 0 aliphatic carbocycles. The lowest BCUT2D eigenvalue weighted by molar-refractivity contribution is -0.120. The number of hydrogen-bond donors (Lipinski definition) is 1. The van der Waals surface area contributed by atoms with Crippen molar-refractivity contribution in [1.29, 1.82) is 0 Å². The first-order valence-corrected chi connectivity index (χ1v) is 11.5. The first-order chi connectivity index (χ1) is 14.6. The SMILES string of the molecule is Cc1cccc(CCNC(=O)CCS(=O)(=O)c2ccc3c(c2)n(C)c(=O)c(=O)n3C)c1. The van der Waals surface area contributed by atoms with E-state index in [4.69, 9.17) is 0 Å². The van der Waals surface area contributed by atoms with E-state index in [0.29, 0.717) is 24.0 Å². The summed E-state index contributed by atoms with van der Waals surface area (Å²) in [6.07, 6.45) is 0.498. The van der Waals surface area contributed by atoms with E-state index in [9.17, 15) is 22.8 Å². The van der Waals surface area contributed by atoms with Crippen LogP contribution in [0.1, 0.15) is 17.5 Å². The molecular weight excluding hydrogens is 418 g/mol. The molecule has 8 nitrogen and oxygen atoms in total. The van der Waals surface area contributed by atoms with Gasteiger partial charge >= 0.3 is 11.1 Å². The lowest BCUT2D eigenvalue weighted by Gasteiger charge is -2.11. The third-order valence-corrected chi connectivity index (χ3v) is 6.95. The molecule has 0 atom stereocenters. The normalized spacial score (nSPS) is 11.6. The first-order valence-electron chi connectivity index (χ1n) is 9.85. The molecule has 1 amide bonds. The highest BCUT2D eigenvalue weighted by atomic mass is 32.2. The molecule has 0 saturated carbocycles. The highest BCUT2D eigenvalue weighted by molar-refractivity contribution is 7.91. The van der Waals surface area contributed by atoms with E-state index in [-0.39, 0.29) is 23.0 Å². The first kappa shape index (κ1) is 22.5. The molecule has 0 radical (unpaired) electrons. The summed E-state index contributed by atoms with van der Waals surface area (Å²) in [6.45, 7) is 2.42. The molecule has 0 aliphatic rings. The summed E-state index contributed by atoms with van der Waals surface area (Å²) in [4.78, 5) is 36.1. The Morgan fingerprint density at radius 3 is 2.32 bits per heavy atom. The molecule has 1 aromatic heterocycles. The van der Waals surface area contributed by atoms with Crippen molar-refractivity contribution >= 4 is 26.8 Å². The van der Waals surface area contributed by atoms with Crippen LogP contribution in [0.15, 0.2) is 56.9 Å². The average molecular weight is 444 g/mol. The molecule has 3 aromatic rings. The molecule has 1 heterocycles. The topological polar surface area (TPSA) is 107 Å². The van der Waals surface area contributed by atoms with E-state index in [1.165, 1.54) is 36.9 Å². The van der Waals surface area contributed by atoms with Crippen molar-refractivity contribution < 1.29 is 13.2 Å². The van der Waals surface area contributed by atoms with Gasteiger partial charge < -0.3 is 14.5 Å². The number of aromatic nitrogens is 2. The number of carbonyl (C=O) groups is 1. The van der Waals surface area contributed by atoms with Gasteiger partial charge in [-0.15, -0.1) is 0 Å². The van der Waals surface area contributed by atoms with Crippen LogP contribution >= 0.6 is 0 Å². The molecule has 0 spiro atoms. The molecular formula is C22H25N3O5S. The summed E-state index contributed by atoms with van der Waals surface area (Å²) in [6, 6.07) is 12.2. The zero-order valence-electron chi connectivity index (χ0n) is 17.7. The Morgan fingerprint density at radius 2 is 1.65 bits per heavy atom. The summed E-state index contributed by atoms with van der Waals surface area (Å²) in [5, 5.41) is 2.75. The zero-order valence-corrected chi connectivity index (χ0v) is 18.5. The average Bonchev–Trinajstić information content (AvgIpc) is 2.74. The van der Waals surface area contributed by atoms with Crippen molar-refractivity contribution in [2.45, 2.75) is 24.7 Å². The van der Waals surface area contributed by atoms with Gasteiger partial charge in [0.25, 0.3) is 0 Å². The number of nitrogens with one attached hydrogen (secondary N) is 1. The summed E-state index contributed by atoms with van der Waals surface area (Å²) >= 11 is 0. The van der Waals surface area contributed by atoms with Gasteiger partial charge in [-0.3, -0.25) is 14.4 Å². The summed E-state index contributed by atoms with van der Waals surface area (Å²) in [5.74, 6) is -0.694. The Bertz CT molecular complexity index is 1370. The van der Waals surface area contributed by atoms with Gasteiger partial charge in [0.15, 0.2) is 9.84 Å². The Hall–Kier alpha value is -3.20. The Labute approximate surface area is 180 Å². The molecule has 0 saturated heterocycles. The summed E-state index contributed by atoms with van der Waals surface area (Å²) in [5.41, 5.74) is 1.59. The van der Waals surface area contributed by atoms with E-state index < -0.39 is 21.0 Å². The highest BCUT2D eigenvalue weighted by Gasteiger charge is 2.19. The summed E-state index contributed by atoms with van der Waals surface area (Å²) < 4.78 is 27.8. The predicted octanol–water partition coefficient (Wildman–Crippen LogP) is 1.07. The van der Waals surface area contributed by atoms with Gasteiger partial charge in [-0.25, -0.2) is 8.42 Å². The van der Waals surface area contributed by atoms with Crippen LogP contribution < -0.4 is 16.4 Å². The van der Waals surface area contributed by atoms with Crippen LogP contribution in [-0.2, 0) is 35.1 Å². The molecule has 2 aromatic carbocycles. The second-order valence-corrected chi connectivity index (χ2v) is 9.65. The minimum absolute atomic E-state index is 0.00112. The van der Waals surface area contributed by atoms with Gasteiger partial charge in [0.1, 0.15) is 0 Å². The Morgan fingerprint density at radius 1 is 0.968 bits per heavy atom. The van der Waals surface area contributed by atoms with Crippen molar-refractivity contribution in [1.82, 2.24) is 14.5 Å². The number of nitrogens with zero attached hydrogens (tertiary/aromatic N) is 2. The maximum absolute atomic E-state index is 12.7. The standard InChI is InChI=1S/C22H25N3O5S/c1-15-5-4-6-16(13-15)9-11-23-20(26)10-12-31(29,30)17-7-8-18-19(14-17)25(3)22(28)21(27)24(18)2/h4-8,13-14H,9-12H2,1-3H3,(H,23,26). The molecule has 0 bridgehead atoms. The predicted molar refractivity (Wildman–Crippen MR) is 119 cm³/mol. The molecule has 0 unspecified atom stereocenters. The maximum Gasteiger partial charge on any atom is 0.316 e. The summed E-state index contributed by atoms with van der Waals surface area (Å²) in [7, 11) is -0.865. The number of benzene rings is 2. The monoisotopic (exact) mass is 443 g/mol. The van der Waals surface area contributed by atoms with Gasteiger partial charge in [-0.05, 0) is 37.1 Å². The number of amides is 1. The van der Waals surface area contributed by atoms with Crippen LogP contribution in [0.5, 0.6) is 0 Å². The van der Waals surface area contributed by atoms with Crippen LogP contribution in [-0.4, -0.2) is 35.8 Å². The molecule has 9 heteroatoms. The van der Waals surface area contributed by atoms with Crippen LogP contribution in [0.25, 0.3) is 11.0 Å². The minimum Gasteiger partial charge on any atom is -0.356 e. The highest BCUT2D eigenvalue weighted by Crippen LogP contribution is 2.18. The fourth-order valence-electron chi connectivity index (χ4n) is 3.40. The van der Waals surface area contributed by atoms with E-state index in [1.807, 2.05) is 31.2 Å².